The largest absolute Gasteiger partial charge is 0.308 e. The molecule has 1 aromatic heterocycles. The lowest BCUT2D eigenvalue weighted by molar-refractivity contribution is 0.0586. The van der Waals surface area contributed by atoms with Crippen molar-refractivity contribution in [3.8, 4) is 0 Å². The zero-order valence-corrected chi connectivity index (χ0v) is 13.2. The highest BCUT2D eigenvalue weighted by Gasteiger charge is 2.26. The van der Waals surface area contributed by atoms with E-state index < -0.39 is 0 Å². The van der Waals surface area contributed by atoms with Crippen molar-refractivity contribution in [2.75, 3.05) is 31.6 Å². The second-order valence-electron chi connectivity index (χ2n) is 6.20. The predicted octanol–water partition coefficient (Wildman–Crippen LogP) is 1.94. The van der Waals surface area contributed by atoms with Crippen LogP contribution < -0.4 is 11.3 Å². The van der Waals surface area contributed by atoms with Crippen LogP contribution in [-0.2, 0) is 6.54 Å². The Bertz CT molecular complexity index is 449. The molecule has 0 aliphatic carbocycles. The van der Waals surface area contributed by atoms with Gasteiger partial charge in [-0.2, -0.15) is 0 Å². The van der Waals surface area contributed by atoms with Crippen LogP contribution in [0.1, 0.15) is 26.5 Å². The van der Waals surface area contributed by atoms with Gasteiger partial charge in [0, 0.05) is 38.3 Å². The van der Waals surface area contributed by atoms with Crippen molar-refractivity contribution in [1.82, 2.24) is 14.8 Å². The minimum Gasteiger partial charge on any atom is -0.308 e. The summed E-state index contributed by atoms with van der Waals surface area (Å²) >= 11 is 6.21. The van der Waals surface area contributed by atoms with Crippen molar-refractivity contribution in [3.05, 3.63) is 22.8 Å². The Labute approximate surface area is 126 Å². The number of piperazine rings is 1. The SMILES string of the molecule is CC(C)(C)N1CCN(Cc2nc(NN)ccc2Cl)CC1. The lowest BCUT2D eigenvalue weighted by Crippen LogP contribution is -2.53. The molecule has 0 radical (unpaired) electrons. The van der Waals surface area contributed by atoms with Crippen LogP contribution in [0.2, 0.25) is 5.02 Å². The van der Waals surface area contributed by atoms with Gasteiger partial charge in [0.05, 0.1) is 10.7 Å². The van der Waals surface area contributed by atoms with Crippen LogP contribution in [0.5, 0.6) is 0 Å². The Morgan fingerprint density at radius 1 is 1.25 bits per heavy atom. The van der Waals surface area contributed by atoms with Crippen molar-refractivity contribution in [1.29, 1.82) is 0 Å². The number of halogens is 1. The summed E-state index contributed by atoms with van der Waals surface area (Å²) in [6.07, 6.45) is 0. The van der Waals surface area contributed by atoms with Gasteiger partial charge in [0.25, 0.3) is 0 Å². The van der Waals surface area contributed by atoms with E-state index in [1.807, 2.05) is 6.07 Å². The molecule has 0 amide bonds. The Kier molecular flexibility index (Phi) is 4.86. The van der Waals surface area contributed by atoms with Gasteiger partial charge in [0.2, 0.25) is 0 Å². The molecule has 0 spiro atoms. The fraction of sp³-hybridized carbons (Fsp3) is 0.643. The highest BCUT2D eigenvalue weighted by molar-refractivity contribution is 6.31. The van der Waals surface area contributed by atoms with Gasteiger partial charge >= 0.3 is 0 Å². The first kappa shape index (κ1) is 15.5. The maximum Gasteiger partial charge on any atom is 0.140 e. The molecule has 2 heterocycles. The summed E-state index contributed by atoms with van der Waals surface area (Å²) in [4.78, 5) is 9.33. The zero-order chi connectivity index (χ0) is 14.8. The number of nitrogen functional groups attached to an aromatic ring is 1. The molecule has 1 aliphatic rings. The molecular weight excluding hydrogens is 274 g/mol. The molecule has 0 unspecified atom stereocenters. The molecule has 1 fully saturated rings. The predicted molar refractivity (Wildman–Crippen MR) is 83.7 cm³/mol. The first-order chi connectivity index (χ1) is 9.40. The van der Waals surface area contributed by atoms with Crippen LogP contribution in [0.25, 0.3) is 0 Å². The van der Waals surface area contributed by atoms with Crippen molar-refractivity contribution < 1.29 is 0 Å². The number of pyridine rings is 1. The topological polar surface area (TPSA) is 57.4 Å². The number of anilines is 1. The van der Waals surface area contributed by atoms with E-state index >= 15 is 0 Å². The summed E-state index contributed by atoms with van der Waals surface area (Å²) in [6, 6.07) is 3.62. The third-order valence-corrected chi connectivity index (χ3v) is 4.10. The standard InChI is InChI=1S/C14H24ClN5/c1-14(2,3)20-8-6-19(7-9-20)10-12-11(15)4-5-13(17-12)18-16/h4-5H,6-10,16H2,1-3H3,(H,17,18). The number of nitrogens with two attached hydrogens (primary N) is 1. The molecule has 112 valence electrons. The van der Waals surface area contributed by atoms with Gasteiger partial charge in [0.15, 0.2) is 0 Å². The number of aromatic nitrogens is 1. The van der Waals surface area contributed by atoms with Gasteiger partial charge in [-0.3, -0.25) is 9.80 Å². The molecule has 0 atom stereocenters. The fourth-order valence-electron chi connectivity index (χ4n) is 2.46. The summed E-state index contributed by atoms with van der Waals surface area (Å²) in [5, 5.41) is 0.697. The first-order valence-corrected chi connectivity index (χ1v) is 7.37. The van der Waals surface area contributed by atoms with Crippen molar-refractivity contribution in [3.63, 3.8) is 0 Å². The molecular formula is C14H24ClN5. The van der Waals surface area contributed by atoms with E-state index in [4.69, 9.17) is 17.4 Å². The summed E-state index contributed by atoms with van der Waals surface area (Å²) in [6.45, 7) is 11.8. The van der Waals surface area contributed by atoms with E-state index in [2.05, 4.69) is 41.0 Å². The molecule has 5 nitrogen and oxygen atoms in total. The average Bonchev–Trinajstić information content (AvgIpc) is 2.41. The Balaban J connectivity index is 1.96. The van der Waals surface area contributed by atoms with Gasteiger partial charge in [-0.15, -0.1) is 0 Å². The average molecular weight is 298 g/mol. The monoisotopic (exact) mass is 297 g/mol. The van der Waals surface area contributed by atoms with Gasteiger partial charge in [-0.1, -0.05) is 11.6 Å². The second kappa shape index (κ2) is 6.26. The van der Waals surface area contributed by atoms with Crippen LogP contribution in [0.3, 0.4) is 0 Å². The second-order valence-corrected chi connectivity index (χ2v) is 6.61. The van der Waals surface area contributed by atoms with E-state index in [1.165, 1.54) is 0 Å². The highest BCUT2D eigenvalue weighted by atomic mass is 35.5. The third kappa shape index (κ3) is 3.82. The number of hydrazine groups is 1. The maximum atomic E-state index is 6.21. The molecule has 2 rings (SSSR count). The molecule has 0 saturated carbocycles. The zero-order valence-electron chi connectivity index (χ0n) is 12.5. The van der Waals surface area contributed by atoms with Crippen LogP contribution in [-0.4, -0.2) is 46.5 Å². The molecule has 1 aliphatic heterocycles. The molecule has 1 aromatic rings. The molecule has 0 aromatic carbocycles. The van der Waals surface area contributed by atoms with E-state index in [1.54, 1.807) is 6.07 Å². The number of hydrogen-bond acceptors (Lipinski definition) is 5. The number of rotatable bonds is 3. The van der Waals surface area contributed by atoms with Crippen LogP contribution in [0.15, 0.2) is 12.1 Å². The summed E-state index contributed by atoms with van der Waals surface area (Å²) in [5.74, 6) is 6.04. The fourth-order valence-corrected chi connectivity index (χ4v) is 2.63. The van der Waals surface area contributed by atoms with E-state index in [9.17, 15) is 0 Å². The molecule has 6 heteroatoms. The van der Waals surface area contributed by atoms with Crippen molar-refractivity contribution in [2.45, 2.75) is 32.9 Å². The summed E-state index contributed by atoms with van der Waals surface area (Å²) < 4.78 is 0. The lowest BCUT2D eigenvalue weighted by atomic mass is 10.0. The first-order valence-electron chi connectivity index (χ1n) is 6.99. The van der Waals surface area contributed by atoms with E-state index in [0.29, 0.717) is 10.8 Å². The minimum atomic E-state index is 0.241. The number of nitrogens with zero attached hydrogens (tertiary/aromatic N) is 3. The Morgan fingerprint density at radius 3 is 2.45 bits per heavy atom. The smallest absolute Gasteiger partial charge is 0.140 e. The molecule has 20 heavy (non-hydrogen) atoms. The Morgan fingerprint density at radius 2 is 1.90 bits per heavy atom. The van der Waals surface area contributed by atoms with Gasteiger partial charge < -0.3 is 5.43 Å². The molecule has 0 bridgehead atoms. The van der Waals surface area contributed by atoms with Crippen LogP contribution in [0.4, 0.5) is 5.82 Å². The molecule has 1 saturated heterocycles. The van der Waals surface area contributed by atoms with Gasteiger partial charge in [-0.25, -0.2) is 10.8 Å². The van der Waals surface area contributed by atoms with Gasteiger partial charge in [0.1, 0.15) is 5.82 Å². The summed E-state index contributed by atoms with van der Waals surface area (Å²) in [7, 11) is 0. The van der Waals surface area contributed by atoms with Gasteiger partial charge in [-0.05, 0) is 32.9 Å². The quantitative estimate of drug-likeness (QED) is 0.659. The normalized spacial score (nSPS) is 18.2. The van der Waals surface area contributed by atoms with Crippen molar-refractivity contribution in [2.24, 2.45) is 5.84 Å². The Hall–Kier alpha value is -0.880. The van der Waals surface area contributed by atoms with Crippen molar-refractivity contribution >= 4 is 17.4 Å². The van der Waals surface area contributed by atoms with Crippen LogP contribution in [0, 0.1) is 0 Å². The summed E-state index contributed by atoms with van der Waals surface area (Å²) in [5.41, 5.74) is 3.68. The number of hydrogen-bond donors (Lipinski definition) is 2. The van der Waals surface area contributed by atoms with E-state index in [0.717, 1.165) is 38.4 Å². The maximum absolute atomic E-state index is 6.21. The number of nitrogens with one attached hydrogen (secondary N) is 1. The molecule has 3 N–H and O–H groups in total. The highest BCUT2D eigenvalue weighted by Crippen LogP contribution is 2.20. The van der Waals surface area contributed by atoms with E-state index in [-0.39, 0.29) is 5.54 Å². The third-order valence-electron chi connectivity index (χ3n) is 3.76. The minimum absolute atomic E-state index is 0.241. The van der Waals surface area contributed by atoms with Crippen LogP contribution >= 0.6 is 11.6 Å². The lowest BCUT2D eigenvalue weighted by Gasteiger charge is -2.42.